The summed E-state index contributed by atoms with van der Waals surface area (Å²) < 4.78 is 14.4. The van der Waals surface area contributed by atoms with Gasteiger partial charge in [-0.1, -0.05) is 173 Å². The fourth-order valence-electron chi connectivity index (χ4n) is 10.8. The summed E-state index contributed by atoms with van der Waals surface area (Å²) in [6.45, 7) is 8.98. The number of fused-ring (bicyclic) bond motifs is 13. The fraction of sp³-hybridized carbons (Fsp3) is 0.0938. The number of hydrogen-bond donors (Lipinski definition) is 0. The molecule has 0 fully saturated rings. The zero-order chi connectivity index (χ0) is 45.6. The largest absolute Gasteiger partial charge is 0.452 e. The van der Waals surface area contributed by atoms with Crippen molar-refractivity contribution in [3.05, 3.63) is 217 Å². The Labute approximate surface area is 394 Å². The highest BCUT2D eigenvalue weighted by molar-refractivity contribution is 6.30. The molecule has 0 atom stereocenters. The summed E-state index contributed by atoms with van der Waals surface area (Å²) in [5.74, 6) is 0.847. The topological polar surface area (TPSA) is 32.8 Å². The van der Waals surface area contributed by atoms with Crippen molar-refractivity contribution in [1.82, 2.24) is 0 Å². The number of benzene rings is 11. The molecule has 0 unspecified atom stereocenters. The van der Waals surface area contributed by atoms with Gasteiger partial charge in [0.2, 0.25) is 0 Å². The molecule has 0 bridgehead atoms. The molecule has 0 aliphatic carbocycles. The standard InChI is InChI=1S/C64H48N2O2/c1-39(2)41-27-31-45(32-28-41)65(55-25-13-17-43-15-5-7-19-47(43)55)57-37-59-61(51-23-11-9-21-49(51)57)53-35-36-54-62-52-24-12-10-22-50(52)58(38-60(62)68-64(54)63(53)67-59)66(46-33-29-42(30-34-46)40(3)4)56-26-14-18-44-16-6-8-20-48(44)56/h5-40H,1-4H3. The van der Waals surface area contributed by atoms with Crippen molar-refractivity contribution < 1.29 is 8.83 Å². The van der Waals surface area contributed by atoms with E-state index in [9.17, 15) is 0 Å². The second-order valence-electron chi connectivity index (χ2n) is 18.8. The first-order valence-corrected chi connectivity index (χ1v) is 23.8. The van der Waals surface area contributed by atoms with E-state index in [0.29, 0.717) is 11.8 Å². The average molecular weight is 877 g/mol. The van der Waals surface area contributed by atoms with E-state index in [2.05, 4.69) is 244 Å². The van der Waals surface area contributed by atoms with Crippen LogP contribution in [-0.2, 0) is 0 Å². The summed E-state index contributed by atoms with van der Waals surface area (Å²) in [5, 5.41) is 13.5. The quantitative estimate of drug-likeness (QED) is 0.152. The van der Waals surface area contributed by atoms with E-state index in [1.165, 1.54) is 32.7 Å². The third-order valence-corrected chi connectivity index (χ3v) is 14.2. The first-order chi connectivity index (χ1) is 33.4. The Hall–Kier alpha value is -8.34. The molecule has 0 N–H and O–H groups in total. The second kappa shape index (κ2) is 15.6. The molecule has 0 saturated heterocycles. The molecule has 4 heteroatoms. The van der Waals surface area contributed by atoms with Crippen molar-refractivity contribution in [1.29, 1.82) is 0 Å². The molecule has 0 aliphatic heterocycles. The monoisotopic (exact) mass is 876 g/mol. The van der Waals surface area contributed by atoms with Gasteiger partial charge in [0.1, 0.15) is 11.2 Å². The molecular formula is C64H48N2O2. The Kier molecular flexibility index (Phi) is 9.20. The molecule has 0 aliphatic rings. The highest BCUT2D eigenvalue weighted by Crippen LogP contribution is 2.50. The van der Waals surface area contributed by atoms with Crippen molar-refractivity contribution in [2.45, 2.75) is 39.5 Å². The van der Waals surface area contributed by atoms with Crippen LogP contribution in [0, 0.1) is 0 Å². The normalized spacial score (nSPS) is 12.1. The van der Waals surface area contributed by atoms with Crippen LogP contribution >= 0.6 is 0 Å². The van der Waals surface area contributed by atoms with Gasteiger partial charge in [0, 0.05) is 66.6 Å². The van der Waals surface area contributed by atoms with Gasteiger partial charge >= 0.3 is 0 Å². The predicted molar refractivity (Wildman–Crippen MR) is 289 cm³/mol. The third-order valence-electron chi connectivity index (χ3n) is 14.2. The number of furan rings is 2. The number of hydrogen-bond acceptors (Lipinski definition) is 4. The van der Waals surface area contributed by atoms with E-state index in [4.69, 9.17) is 8.83 Å². The van der Waals surface area contributed by atoms with Gasteiger partial charge in [-0.05, 0) is 93.0 Å². The molecule has 11 aromatic carbocycles. The van der Waals surface area contributed by atoms with Crippen molar-refractivity contribution in [2.75, 3.05) is 9.80 Å². The van der Waals surface area contributed by atoms with Crippen LogP contribution in [0.2, 0.25) is 0 Å². The molecule has 4 nitrogen and oxygen atoms in total. The molecule has 0 radical (unpaired) electrons. The maximum absolute atomic E-state index is 7.18. The Morgan fingerprint density at radius 1 is 0.309 bits per heavy atom. The molecule has 2 heterocycles. The van der Waals surface area contributed by atoms with Gasteiger partial charge in [-0.25, -0.2) is 0 Å². The van der Waals surface area contributed by atoms with Crippen LogP contribution in [0.3, 0.4) is 0 Å². The number of rotatable bonds is 8. The highest BCUT2D eigenvalue weighted by atomic mass is 16.4. The Bertz CT molecular complexity index is 3820. The van der Waals surface area contributed by atoms with E-state index in [1.807, 2.05) is 0 Å². The highest BCUT2D eigenvalue weighted by Gasteiger charge is 2.26. The Morgan fingerprint density at radius 3 is 1.06 bits per heavy atom. The van der Waals surface area contributed by atoms with Crippen LogP contribution in [0.15, 0.2) is 215 Å². The summed E-state index contributed by atoms with van der Waals surface area (Å²) in [5.41, 5.74) is 12.2. The molecule has 13 rings (SSSR count). The van der Waals surface area contributed by atoms with E-state index >= 15 is 0 Å². The zero-order valence-electron chi connectivity index (χ0n) is 38.5. The lowest BCUT2D eigenvalue weighted by atomic mass is 9.98. The van der Waals surface area contributed by atoms with Crippen LogP contribution in [0.25, 0.3) is 87.0 Å². The van der Waals surface area contributed by atoms with Crippen LogP contribution in [-0.4, -0.2) is 0 Å². The van der Waals surface area contributed by atoms with Crippen molar-refractivity contribution in [2.24, 2.45) is 0 Å². The lowest BCUT2D eigenvalue weighted by Gasteiger charge is -2.28. The van der Waals surface area contributed by atoms with Gasteiger partial charge in [0.25, 0.3) is 0 Å². The van der Waals surface area contributed by atoms with Crippen molar-refractivity contribution >= 4 is 121 Å². The minimum Gasteiger partial charge on any atom is -0.452 e. The van der Waals surface area contributed by atoms with E-state index in [0.717, 1.165) is 99.5 Å². The van der Waals surface area contributed by atoms with E-state index < -0.39 is 0 Å². The zero-order valence-corrected chi connectivity index (χ0v) is 38.5. The molecular weight excluding hydrogens is 829 g/mol. The first kappa shape index (κ1) is 40.0. The lowest BCUT2D eigenvalue weighted by Crippen LogP contribution is -2.11. The van der Waals surface area contributed by atoms with Crippen LogP contribution in [0.1, 0.15) is 50.7 Å². The van der Waals surface area contributed by atoms with Crippen molar-refractivity contribution in [3.63, 3.8) is 0 Å². The van der Waals surface area contributed by atoms with E-state index in [1.54, 1.807) is 0 Å². The van der Waals surface area contributed by atoms with Crippen molar-refractivity contribution in [3.8, 4) is 0 Å². The predicted octanol–water partition coefficient (Wildman–Crippen LogP) is 19.3. The third kappa shape index (κ3) is 6.21. The van der Waals surface area contributed by atoms with Gasteiger partial charge in [-0.15, -0.1) is 0 Å². The number of nitrogens with zero attached hydrogens (tertiary/aromatic N) is 2. The van der Waals surface area contributed by atoms with E-state index in [-0.39, 0.29) is 0 Å². The van der Waals surface area contributed by atoms with Crippen LogP contribution in [0.5, 0.6) is 0 Å². The maximum atomic E-state index is 7.18. The summed E-state index contributed by atoms with van der Waals surface area (Å²) in [7, 11) is 0. The molecule has 13 aromatic rings. The molecule has 0 spiro atoms. The molecule has 2 aromatic heterocycles. The summed E-state index contributed by atoms with van der Waals surface area (Å²) >= 11 is 0. The average Bonchev–Trinajstić information content (AvgIpc) is 3.96. The maximum Gasteiger partial charge on any atom is 0.178 e. The smallest absolute Gasteiger partial charge is 0.178 e. The van der Waals surface area contributed by atoms with Gasteiger partial charge in [-0.3, -0.25) is 0 Å². The first-order valence-electron chi connectivity index (χ1n) is 23.8. The summed E-state index contributed by atoms with van der Waals surface area (Å²) in [6, 6.07) is 75.0. The second-order valence-corrected chi connectivity index (χ2v) is 18.8. The summed E-state index contributed by atoms with van der Waals surface area (Å²) in [6.07, 6.45) is 0. The van der Waals surface area contributed by atoms with Crippen LogP contribution in [0.4, 0.5) is 34.1 Å². The van der Waals surface area contributed by atoms with Gasteiger partial charge in [0.15, 0.2) is 11.2 Å². The lowest BCUT2D eigenvalue weighted by molar-refractivity contribution is 0.633. The minimum atomic E-state index is 0.424. The molecule has 68 heavy (non-hydrogen) atoms. The van der Waals surface area contributed by atoms with Gasteiger partial charge in [0.05, 0.1) is 22.7 Å². The number of anilines is 6. The molecule has 0 amide bonds. The fourth-order valence-corrected chi connectivity index (χ4v) is 10.8. The van der Waals surface area contributed by atoms with Crippen LogP contribution < -0.4 is 9.80 Å². The molecule has 0 saturated carbocycles. The summed E-state index contributed by atoms with van der Waals surface area (Å²) in [4.78, 5) is 4.81. The Morgan fingerprint density at radius 2 is 0.662 bits per heavy atom. The molecule has 326 valence electrons. The SMILES string of the molecule is CC(C)c1ccc(N(c2cccc3ccccc23)c2cc3oc4c(ccc5c4oc4cc(N(c6ccc(C(C)C)cc6)c6cccc7ccccc67)c6ccccc6c45)c3c3ccccc23)cc1. The minimum absolute atomic E-state index is 0.424. The Balaban J connectivity index is 1.06. The van der Waals surface area contributed by atoms with Gasteiger partial charge < -0.3 is 18.6 Å². The van der Waals surface area contributed by atoms with Gasteiger partial charge in [-0.2, -0.15) is 0 Å².